The number of benzene rings is 3. The number of anilines is 1. The molecule has 2 heterocycles. The van der Waals surface area contributed by atoms with Crippen molar-refractivity contribution in [3.05, 3.63) is 102 Å². The molecule has 0 saturated heterocycles. The van der Waals surface area contributed by atoms with Gasteiger partial charge in [0.1, 0.15) is 11.2 Å². The first-order valence-corrected chi connectivity index (χ1v) is 11.2. The van der Waals surface area contributed by atoms with Crippen LogP contribution < -0.4 is 5.73 Å². The van der Waals surface area contributed by atoms with Gasteiger partial charge >= 0.3 is 0 Å². The SMILES string of the molecule is Nc1ccc(-n2c3c(c4ccccc42)C=CCC3)c(-c2cccc3c2oc2ccc#cc23)c1. The van der Waals surface area contributed by atoms with Crippen LogP contribution in [0.5, 0.6) is 0 Å². The summed E-state index contributed by atoms with van der Waals surface area (Å²) in [5, 5.41) is 3.27. The molecule has 33 heavy (non-hydrogen) atoms. The average molecular weight is 425 g/mol. The predicted octanol–water partition coefficient (Wildman–Crippen LogP) is 7.34. The monoisotopic (exact) mass is 424 g/mol. The quantitative estimate of drug-likeness (QED) is 0.296. The van der Waals surface area contributed by atoms with Crippen LogP contribution >= 0.6 is 0 Å². The number of aromatic nitrogens is 1. The average Bonchev–Trinajstić information content (AvgIpc) is 3.40. The summed E-state index contributed by atoms with van der Waals surface area (Å²) in [7, 11) is 0. The fraction of sp³-hybridized carbons (Fsp3) is 0.0667. The van der Waals surface area contributed by atoms with Gasteiger partial charge in [-0.3, -0.25) is 0 Å². The molecule has 0 aliphatic heterocycles. The summed E-state index contributed by atoms with van der Waals surface area (Å²) in [6.07, 6.45) is 6.58. The second kappa shape index (κ2) is 6.79. The van der Waals surface area contributed by atoms with Gasteiger partial charge in [0, 0.05) is 38.8 Å². The lowest BCUT2D eigenvalue weighted by Gasteiger charge is -2.18. The van der Waals surface area contributed by atoms with Gasteiger partial charge in [-0.25, -0.2) is 0 Å². The van der Waals surface area contributed by atoms with E-state index >= 15 is 0 Å². The predicted molar refractivity (Wildman–Crippen MR) is 135 cm³/mol. The Kier molecular flexibility index (Phi) is 3.74. The highest BCUT2D eigenvalue weighted by atomic mass is 16.3. The summed E-state index contributed by atoms with van der Waals surface area (Å²) in [6.45, 7) is 0. The molecule has 0 spiro atoms. The van der Waals surface area contributed by atoms with E-state index in [9.17, 15) is 0 Å². The number of fused-ring (bicyclic) bond motifs is 6. The van der Waals surface area contributed by atoms with Gasteiger partial charge in [0.25, 0.3) is 0 Å². The van der Waals surface area contributed by atoms with Crippen LogP contribution in [-0.2, 0) is 6.42 Å². The van der Waals surface area contributed by atoms with Gasteiger partial charge in [-0.2, -0.15) is 0 Å². The van der Waals surface area contributed by atoms with Crippen molar-refractivity contribution in [2.24, 2.45) is 0 Å². The number of allylic oxidation sites excluding steroid dienone is 1. The Morgan fingerprint density at radius 3 is 2.79 bits per heavy atom. The van der Waals surface area contributed by atoms with Gasteiger partial charge in [0.15, 0.2) is 0 Å². The largest absolute Gasteiger partial charge is 0.455 e. The molecule has 3 heteroatoms. The van der Waals surface area contributed by atoms with Gasteiger partial charge in [-0.1, -0.05) is 54.6 Å². The summed E-state index contributed by atoms with van der Waals surface area (Å²) in [4.78, 5) is 0. The summed E-state index contributed by atoms with van der Waals surface area (Å²) in [5.74, 6) is 0. The minimum Gasteiger partial charge on any atom is -0.455 e. The third-order valence-electron chi connectivity index (χ3n) is 6.66. The van der Waals surface area contributed by atoms with Gasteiger partial charge in [-0.15, -0.1) is 0 Å². The van der Waals surface area contributed by atoms with Crippen molar-refractivity contribution < 1.29 is 4.42 Å². The van der Waals surface area contributed by atoms with Crippen LogP contribution in [0.2, 0.25) is 0 Å². The zero-order valence-corrected chi connectivity index (χ0v) is 17.9. The van der Waals surface area contributed by atoms with Crippen molar-refractivity contribution in [1.82, 2.24) is 4.57 Å². The number of para-hydroxylation sites is 2. The van der Waals surface area contributed by atoms with E-state index in [1.807, 2.05) is 18.2 Å². The minimum absolute atomic E-state index is 0.729. The van der Waals surface area contributed by atoms with E-state index < -0.39 is 0 Å². The molecule has 0 atom stereocenters. The Morgan fingerprint density at radius 1 is 0.909 bits per heavy atom. The summed E-state index contributed by atoms with van der Waals surface area (Å²) in [6, 6.07) is 31.1. The van der Waals surface area contributed by atoms with Crippen LogP contribution in [0.15, 0.2) is 83.3 Å². The highest BCUT2D eigenvalue weighted by Gasteiger charge is 2.22. The summed E-state index contributed by atoms with van der Waals surface area (Å²) >= 11 is 0. The first-order chi connectivity index (χ1) is 16.3. The third kappa shape index (κ3) is 2.58. The number of nitrogen functional groups attached to an aromatic ring is 1. The molecule has 0 fully saturated rings. The Bertz CT molecular complexity index is 1730. The van der Waals surface area contributed by atoms with Crippen molar-refractivity contribution in [2.45, 2.75) is 12.8 Å². The molecule has 1 aliphatic rings. The van der Waals surface area contributed by atoms with E-state index in [0.29, 0.717) is 0 Å². The summed E-state index contributed by atoms with van der Waals surface area (Å²) < 4.78 is 8.74. The highest BCUT2D eigenvalue weighted by Crippen LogP contribution is 2.41. The molecule has 6 aromatic rings. The highest BCUT2D eigenvalue weighted by molar-refractivity contribution is 6.09. The molecule has 156 valence electrons. The molecule has 1 aliphatic carbocycles. The molecule has 2 aromatic heterocycles. The zero-order chi connectivity index (χ0) is 21.9. The second-order valence-electron chi connectivity index (χ2n) is 8.56. The van der Waals surface area contributed by atoms with Crippen molar-refractivity contribution in [1.29, 1.82) is 0 Å². The summed E-state index contributed by atoms with van der Waals surface area (Å²) in [5.41, 5.74) is 15.8. The number of hydrogen-bond donors (Lipinski definition) is 1. The number of nitrogens with zero attached hydrogens (tertiary/aromatic N) is 1. The van der Waals surface area contributed by atoms with Gasteiger partial charge in [0.2, 0.25) is 0 Å². The molecular formula is C30H20N2O. The lowest BCUT2D eigenvalue weighted by Crippen LogP contribution is -2.05. The number of rotatable bonds is 2. The van der Waals surface area contributed by atoms with E-state index in [1.165, 1.54) is 22.2 Å². The topological polar surface area (TPSA) is 44.1 Å². The van der Waals surface area contributed by atoms with Crippen LogP contribution in [0.4, 0.5) is 5.69 Å². The zero-order valence-electron chi connectivity index (χ0n) is 17.9. The molecule has 0 radical (unpaired) electrons. The maximum atomic E-state index is 6.34. The lowest BCUT2D eigenvalue weighted by molar-refractivity contribution is 0.670. The third-order valence-corrected chi connectivity index (χ3v) is 6.66. The fourth-order valence-electron chi connectivity index (χ4n) is 5.24. The number of hydrogen-bond acceptors (Lipinski definition) is 2. The Labute approximate surface area is 191 Å². The standard InChI is InChI=1S/C30H20N2O/c31-19-16-17-28(32-26-13-4-1-8-20(26)21-9-2-5-14-27(21)32)25(18-19)24-12-7-11-23-22-10-3-6-15-29(22)33-30(23)24/h1-2,4,6-9,11-13,15-18H,5,14,31H2. The molecule has 0 amide bonds. The fourth-order valence-corrected chi connectivity index (χ4v) is 5.24. The molecule has 2 N–H and O–H groups in total. The van der Waals surface area contributed by atoms with Crippen LogP contribution in [0.25, 0.3) is 55.7 Å². The maximum absolute atomic E-state index is 6.34. The van der Waals surface area contributed by atoms with Crippen LogP contribution in [0.1, 0.15) is 17.7 Å². The van der Waals surface area contributed by atoms with Crippen molar-refractivity contribution >= 4 is 44.6 Å². The van der Waals surface area contributed by atoms with Crippen molar-refractivity contribution in [3.63, 3.8) is 0 Å². The van der Waals surface area contributed by atoms with Gasteiger partial charge in [-0.05, 0) is 55.3 Å². The molecule has 4 aromatic carbocycles. The Balaban J connectivity index is 1.59. The molecule has 3 nitrogen and oxygen atoms in total. The van der Waals surface area contributed by atoms with E-state index in [-0.39, 0.29) is 0 Å². The Hall–Kier alpha value is -4.42. The first-order valence-electron chi connectivity index (χ1n) is 11.2. The van der Waals surface area contributed by atoms with E-state index in [4.69, 9.17) is 10.2 Å². The maximum Gasteiger partial charge on any atom is 0.144 e. The number of nitrogens with two attached hydrogens (primary N) is 1. The molecule has 0 saturated carbocycles. The van der Waals surface area contributed by atoms with Gasteiger partial charge < -0.3 is 14.7 Å². The van der Waals surface area contributed by atoms with Crippen molar-refractivity contribution in [3.8, 4) is 16.8 Å². The molecular weight excluding hydrogens is 404 g/mol. The van der Waals surface area contributed by atoms with E-state index in [0.717, 1.165) is 57.3 Å². The van der Waals surface area contributed by atoms with Gasteiger partial charge in [0.05, 0.1) is 16.6 Å². The van der Waals surface area contributed by atoms with Crippen LogP contribution in [0.3, 0.4) is 0 Å². The molecule has 0 bridgehead atoms. The van der Waals surface area contributed by atoms with E-state index in [1.54, 1.807) is 0 Å². The normalized spacial score (nSPS) is 13.0. The van der Waals surface area contributed by atoms with E-state index in [2.05, 4.69) is 83.4 Å². The van der Waals surface area contributed by atoms with Crippen LogP contribution in [0, 0.1) is 12.1 Å². The number of furan rings is 1. The molecule has 0 unspecified atom stereocenters. The second-order valence-corrected chi connectivity index (χ2v) is 8.56. The minimum atomic E-state index is 0.729. The lowest BCUT2D eigenvalue weighted by atomic mass is 9.99. The first kappa shape index (κ1) is 18.2. The molecule has 7 rings (SSSR count). The smallest absolute Gasteiger partial charge is 0.144 e. The van der Waals surface area contributed by atoms with Crippen molar-refractivity contribution in [2.75, 3.05) is 5.73 Å². The Morgan fingerprint density at radius 2 is 1.82 bits per heavy atom. The van der Waals surface area contributed by atoms with Crippen LogP contribution in [-0.4, -0.2) is 4.57 Å².